The molecule has 2 N–H and O–H groups in total. The molecule has 0 aliphatic carbocycles. The van der Waals surface area contributed by atoms with Gasteiger partial charge in [-0.1, -0.05) is 43.7 Å². The van der Waals surface area contributed by atoms with Crippen molar-refractivity contribution < 1.29 is 5.11 Å². The first-order valence-corrected chi connectivity index (χ1v) is 5.70. The van der Waals surface area contributed by atoms with Gasteiger partial charge < -0.3 is 10.4 Å². The Morgan fingerprint density at radius 2 is 1.93 bits per heavy atom. The predicted octanol–water partition coefficient (Wildman–Crippen LogP) is 2.50. The summed E-state index contributed by atoms with van der Waals surface area (Å²) in [6.45, 7) is 4.64. The van der Waals surface area contributed by atoms with Gasteiger partial charge in [-0.05, 0) is 18.9 Å². The number of rotatable bonds is 6. The Morgan fingerprint density at radius 1 is 1.27 bits per heavy atom. The molecule has 1 aromatic carbocycles. The summed E-state index contributed by atoms with van der Waals surface area (Å²) in [4.78, 5) is 0. The SMILES string of the molecule is CCC[C@@H](NC[C@H](C)O)c1ccccc1. The van der Waals surface area contributed by atoms with Crippen molar-refractivity contribution >= 4 is 0 Å². The van der Waals surface area contributed by atoms with Crippen molar-refractivity contribution in [2.24, 2.45) is 0 Å². The number of aliphatic hydroxyl groups excluding tert-OH is 1. The van der Waals surface area contributed by atoms with Crippen LogP contribution in [0.2, 0.25) is 0 Å². The van der Waals surface area contributed by atoms with E-state index in [0.29, 0.717) is 12.6 Å². The third kappa shape index (κ3) is 4.45. The topological polar surface area (TPSA) is 32.3 Å². The second-order valence-electron chi connectivity index (χ2n) is 4.01. The average molecular weight is 207 g/mol. The van der Waals surface area contributed by atoms with E-state index in [1.807, 2.05) is 6.07 Å². The van der Waals surface area contributed by atoms with Crippen LogP contribution in [0.15, 0.2) is 30.3 Å². The van der Waals surface area contributed by atoms with E-state index in [1.165, 1.54) is 5.56 Å². The lowest BCUT2D eigenvalue weighted by molar-refractivity contribution is 0.185. The highest BCUT2D eigenvalue weighted by molar-refractivity contribution is 5.18. The maximum absolute atomic E-state index is 9.25. The van der Waals surface area contributed by atoms with Gasteiger partial charge in [0.2, 0.25) is 0 Å². The van der Waals surface area contributed by atoms with Crippen LogP contribution in [0.4, 0.5) is 0 Å². The van der Waals surface area contributed by atoms with Gasteiger partial charge in [0, 0.05) is 12.6 Å². The van der Waals surface area contributed by atoms with Gasteiger partial charge in [-0.2, -0.15) is 0 Å². The highest BCUT2D eigenvalue weighted by atomic mass is 16.3. The number of hydrogen-bond donors (Lipinski definition) is 2. The van der Waals surface area contributed by atoms with Gasteiger partial charge in [0.15, 0.2) is 0 Å². The molecule has 2 heteroatoms. The zero-order valence-corrected chi connectivity index (χ0v) is 9.61. The first-order chi connectivity index (χ1) is 7.24. The van der Waals surface area contributed by atoms with Crippen LogP contribution in [0, 0.1) is 0 Å². The molecule has 2 atom stereocenters. The molecule has 0 aliphatic rings. The van der Waals surface area contributed by atoms with Crippen molar-refractivity contribution in [3.05, 3.63) is 35.9 Å². The van der Waals surface area contributed by atoms with Gasteiger partial charge in [0.05, 0.1) is 6.10 Å². The van der Waals surface area contributed by atoms with Gasteiger partial charge >= 0.3 is 0 Å². The lowest BCUT2D eigenvalue weighted by atomic mass is 10.0. The van der Waals surface area contributed by atoms with E-state index in [9.17, 15) is 5.11 Å². The fourth-order valence-electron chi connectivity index (χ4n) is 1.67. The monoisotopic (exact) mass is 207 g/mol. The van der Waals surface area contributed by atoms with E-state index < -0.39 is 0 Å². The van der Waals surface area contributed by atoms with Crippen LogP contribution in [0.1, 0.15) is 38.3 Å². The molecule has 2 nitrogen and oxygen atoms in total. The third-order valence-electron chi connectivity index (χ3n) is 2.44. The maximum Gasteiger partial charge on any atom is 0.0636 e. The van der Waals surface area contributed by atoms with Crippen LogP contribution in [-0.4, -0.2) is 17.8 Å². The second kappa shape index (κ2) is 6.59. The van der Waals surface area contributed by atoms with Crippen LogP contribution in [0.3, 0.4) is 0 Å². The number of hydrogen-bond acceptors (Lipinski definition) is 2. The summed E-state index contributed by atoms with van der Waals surface area (Å²) in [5.41, 5.74) is 1.31. The number of nitrogens with one attached hydrogen (secondary N) is 1. The molecule has 0 radical (unpaired) electrons. The van der Waals surface area contributed by atoms with E-state index in [2.05, 4.69) is 36.5 Å². The number of aliphatic hydroxyl groups is 1. The maximum atomic E-state index is 9.25. The minimum atomic E-state index is -0.284. The zero-order chi connectivity index (χ0) is 11.1. The van der Waals surface area contributed by atoms with Crippen LogP contribution in [-0.2, 0) is 0 Å². The minimum Gasteiger partial charge on any atom is -0.392 e. The van der Waals surface area contributed by atoms with Gasteiger partial charge in [-0.15, -0.1) is 0 Å². The van der Waals surface area contributed by atoms with Gasteiger partial charge in [-0.25, -0.2) is 0 Å². The zero-order valence-electron chi connectivity index (χ0n) is 9.61. The quantitative estimate of drug-likeness (QED) is 0.751. The van der Waals surface area contributed by atoms with Crippen molar-refractivity contribution in [3.8, 4) is 0 Å². The molecule has 1 rings (SSSR count). The van der Waals surface area contributed by atoms with Crippen LogP contribution >= 0.6 is 0 Å². The summed E-state index contributed by atoms with van der Waals surface area (Å²) in [5, 5.41) is 12.6. The van der Waals surface area contributed by atoms with E-state index in [1.54, 1.807) is 6.92 Å². The molecular weight excluding hydrogens is 186 g/mol. The molecule has 0 aromatic heterocycles. The van der Waals surface area contributed by atoms with Crippen molar-refractivity contribution in [3.63, 3.8) is 0 Å². The summed E-state index contributed by atoms with van der Waals surface area (Å²) in [6.07, 6.45) is 1.97. The van der Waals surface area contributed by atoms with Gasteiger partial charge in [0.1, 0.15) is 0 Å². The molecule has 0 fully saturated rings. The Balaban J connectivity index is 2.57. The fourth-order valence-corrected chi connectivity index (χ4v) is 1.67. The molecule has 0 aliphatic heterocycles. The minimum absolute atomic E-state index is 0.284. The Kier molecular flexibility index (Phi) is 5.37. The molecule has 15 heavy (non-hydrogen) atoms. The molecule has 1 aromatic rings. The normalized spacial score (nSPS) is 14.9. The Morgan fingerprint density at radius 3 is 2.47 bits per heavy atom. The molecular formula is C13H21NO. The Labute approximate surface area is 92.3 Å². The molecule has 0 bridgehead atoms. The average Bonchev–Trinajstić information content (AvgIpc) is 2.25. The van der Waals surface area contributed by atoms with E-state index in [4.69, 9.17) is 0 Å². The molecule has 0 saturated carbocycles. The van der Waals surface area contributed by atoms with Crippen LogP contribution in [0.25, 0.3) is 0 Å². The third-order valence-corrected chi connectivity index (χ3v) is 2.44. The predicted molar refractivity (Wildman–Crippen MR) is 63.8 cm³/mol. The fraction of sp³-hybridized carbons (Fsp3) is 0.538. The molecule has 0 heterocycles. The lowest BCUT2D eigenvalue weighted by Gasteiger charge is -2.19. The molecule has 0 spiro atoms. The van der Waals surface area contributed by atoms with Crippen molar-refractivity contribution in [1.82, 2.24) is 5.32 Å². The van der Waals surface area contributed by atoms with Gasteiger partial charge in [0.25, 0.3) is 0 Å². The highest BCUT2D eigenvalue weighted by Gasteiger charge is 2.09. The summed E-state index contributed by atoms with van der Waals surface area (Å²) < 4.78 is 0. The summed E-state index contributed by atoms with van der Waals surface area (Å²) in [5.74, 6) is 0. The van der Waals surface area contributed by atoms with Gasteiger partial charge in [-0.3, -0.25) is 0 Å². The molecule has 0 saturated heterocycles. The molecule has 84 valence electrons. The smallest absolute Gasteiger partial charge is 0.0636 e. The summed E-state index contributed by atoms with van der Waals surface area (Å²) in [7, 11) is 0. The number of benzene rings is 1. The summed E-state index contributed by atoms with van der Waals surface area (Å²) >= 11 is 0. The highest BCUT2D eigenvalue weighted by Crippen LogP contribution is 2.17. The van der Waals surface area contributed by atoms with E-state index in [-0.39, 0.29) is 6.10 Å². The lowest BCUT2D eigenvalue weighted by Crippen LogP contribution is -2.28. The van der Waals surface area contributed by atoms with Crippen LogP contribution in [0.5, 0.6) is 0 Å². The Hall–Kier alpha value is -0.860. The van der Waals surface area contributed by atoms with Crippen molar-refractivity contribution in [1.29, 1.82) is 0 Å². The molecule has 0 amide bonds. The van der Waals surface area contributed by atoms with Crippen LogP contribution < -0.4 is 5.32 Å². The van der Waals surface area contributed by atoms with E-state index >= 15 is 0 Å². The summed E-state index contributed by atoms with van der Waals surface area (Å²) in [6, 6.07) is 10.8. The second-order valence-corrected chi connectivity index (χ2v) is 4.01. The van der Waals surface area contributed by atoms with Crippen molar-refractivity contribution in [2.75, 3.05) is 6.54 Å². The largest absolute Gasteiger partial charge is 0.392 e. The first-order valence-electron chi connectivity index (χ1n) is 5.70. The Bertz CT molecular complexity index is 258. The molecule has 0 unspecified atom stereocenters. The first kappa shape index (κ1) is 12.2. The van der Waals surface area contributed by atoms with E-state index in [0.717, 1.165) is 12.8 Å². The standard InChI is InChI=1S/C13H21NO/c1-3-7-13(14-10-11(2)15)12-8-5-4-6-9-12/h4-6,8-9,11,13-15H,3,7,10H2,1-2H3/t11-,13+/m0/s1. The van der Waals surface area contributed by atoms with Crippen molar-refractivity contribution in [2.45, 2.75) is 38.8 Å².